The fourth-order valence-corrected chi connectivity index (χ4v) is 3.89. The number of aromatic nitrogens is 5. The Balaban J connectivity index is 1.65. The lowest BCUT2D eigenvalue weighted by molar-refractivity contribution is 0.0658. The van der Waals surface area contributed by atoms with Crippen LogP contribution in [0.3, 0.4) is 0 Å². The van der Waals surface area contributed by atoms with Crippen LogP contribution in [0.5, 0.6) is 0 Å². The van der Waals surface area contributed by atoms with E-state index < -0.39 is 0 Å². The first kappa shape index (κ1) is 15.2. The van der Waals surface area contributed by atoms with Crippen LogP contribution in [0.4, 0.5) is 0 Å². The number of fused-ring (bicyclic) bond motifs is 3. The fraction of sp³-hybridized carbons (Fsp3) is 0.625. The van der Waals surface area contributed by atoms with Gasteiger partial charge in [0.1, 0.15) is 11.5 Å². The first-order chi connectivity index (χ1) is 11.5. The van der Waals surface area contributed by atoms with Gasteiger partial charge >= 0.3 is 5.69 Å². The second-order valence-electron chi connectivity index (χ2n) is 7.16. The number of nitrogens with zero attached hydrogens (tertiary/aromatic N) is 5. The number of aromatic amines is 1. The van der Waals surface area contributed by atoms with Crippen molar-refractivity contribution >= 4 is 5.91 Å². The molecule has 1 amide bonds. The number of carbonyl (C=O) groups excluding carboxylic acids is 1. The molecule has 0 aromatic carbocycles. The minimum absolute atomic E-state index is 0.0340. The largest absolute Gasteiger partial charge is 0.345 e. The SMILES string of the molecule is CC(C)Cn1nc2n(c1=O)CC1CCC(C2)N1C(=O)c1ccn[nH]1. The van der Waals surface area contributed by atoms with Gasteiger partial charge in [-0.2, -0.15) is 10.2 Å². The van der Waals surface area contributed by atoms with E-state index in [4.69, 9.17) is 0 Å². The van der Waals surface area contributed by atoms with Crippen LogP contribution in [0.2, 0.25) is 0 Å². The summed E-state index contributed by atoms with van der Waals surface area (Å²) in [5, 5.41) is 11.2. The second kappa shape index (κ2) is 5.61. The number of hydrogen-bond acceptors (Lipinski definition) is 4. The van der Waals surface area contributed by atoms with Crippen molar-refractivity contribution in [3.8, 4) is 0 Å². The molecule has 2 aromatic rings. The van der Waals surface area contributed by atoms with Crippen LogP contribution in [0.25, 0.3) is 0 Å². The number of hydrogen-bond donors (Lipinski definition) is 1. The Bertz CT molecular complexity index is 803. The predicted octanol–water partition coefficient (Wildman–Crippen LogP) is 0.653. The van der Waals surface area contributed by atoms with Gasteiger partial charge in [-0.1, -0.05) is 13.8 Å². The van der Waals surface area contributed by atoms with Crippen LogP contribution >= 0.6 is 0 Å². The number of amides is 1. The highest BCUT2D eigenvalue weighted by Crippen LogP contribution is 2.31. The molecule has 2 unspecified atom stereocenters. The van der Waals surface area contributed by atoms with E-state index in [0.717, 1.165) is 18.7 Å². The minimum atomic E-state index is -0.0554. The molecule has 2 aliphatic rings. The van der Waals surface area contributed by atoms with Gasteiger partial charge in [0, 0.05) is 31.7 Å². The van der Waals surface area contributed by atoms with Gasteiger partial charge in [-0.05, 0) is 24.8 Å². The van der Waals surface area contributed by atoms with Gasteiger partial charge in [0.15, 0.2) is 0 Å². The van der Waals surface area contributed by atoms with Crippen LogP contribution in [0.15, 0.2) is 17.1 Å². The Morgan fingerprint density at radius 1 is 1.38 bits per heavy atom. The van der Waals surface area contributed by atoms with Crippen molar-refractivity contribution < 1.29 is 4.79 Å². The minimum Gasteiger partial charge on any atom is -0.329 e. The molecule has 8 heteroatoms. The molecule has 2 aromatic heterocycles. The zero-order valence-corrected chi connectivity index (χ0v) is 14.0. The Kier molecular flexibility index (Phi) is 3.54. The topological polar surface area (TPSA) is 88.8 Å². The molecule has 0 aliphatic carbocycles. The van der Waals surface area contributed by atoms with E-state index in [1.54, 1.807) is 21.5 Å². The van der Waals surface area contributed by atoms with E-state index in [1.807, 2.05) is 4.90 Å². The predicted molar refractivity (Wildman–Crippen MR) is 86.6 cm³/mol. The lowest BCUT2D eigenvalue weighted by Gasteiger charge is -2.27. The molecule has 8 nitrogen and oxygen atoms in total. The van der Waals surface area contributed by atoms with Crippen LogP contribution < -0.4 is 5.69 Å². The zero-order valence-electron chi connectivity index (χ0n) is 14.0. The van der Waals surface area contributed by atoms with E-state index in [-0.39, 0.29) is 23.7 Å². The molecule has 1 saturated heterocycles. The summed E-state index contributed by atoms with van der Waals surface area (Å²) in [5.41, 5.74) is 0.448. The summed E-state index contributed by atoms with van der Waals surface area (Å²) in [7, 11) is 0. The molecule has 24 heavy (non-hydrogen) atoms. The summed E-state index contributed by atoms with van der Waals surface area (Å²) in [6.45, 7) is 5.31. The summed E-state index contributed by atoms with van der Waals surface area (Å²) >= 11 is 0. The maximum absolute atomic E-state index is 12.8. The van der Waals surface area contributed by atoms with Crippen molar-refractivity contribution in [1.82, 2.24) is 29.4 Å². The average Bonchev–Trinajstić information content (AvgIpc) is 3.20. The number of rotatable bonds is 3. The maximum atomic E-state index is 12.8. The molecule has 1 N–H and O–H groups in total. The van der Waals surface area contributed by atoms with Gasteiger partial charge < -0.3 is 4.90 Å². The van der Waals surface area contributed by atoms with E-state index in [1.165, 1.54) is 0 Å². The van der Waals surface area contributed by atoms with Gasteiger partial charge in [-0.3, -0.25) is 14.5 Å². The van der Waals surface area contributed by atoms with Crippen molar-refractivity contribution in [3.63, 3.8) is 0 Å². The number of nitrogens with one attached hydrogen (secondary N) is 1. The second-order valence-corrected chi connectivity index (χ2v) is 7.16. The average molecular weight is 330 g/mol. The molecule has 2 bridgehead atoms. The molecule has 4 rings (SSSR count). The number of carbonyl (C=O) groups is 1. The molecular formula is C16H22N6O2. The molecule has 0 saturated carbocycles. The molecule has 0 spiro atoms. The highest BCUT2D eigenvalue weighted by atomic mass is 16.2. The van der Waals surface area contributed by atoms with Crippen LogP contribution in [-0.2, 0) is 19.5 Å². The maximum Gasteiger partial charge on any atom is 0.345 e. The lowest BCUT2D eigenvalue weighted by Crippen LogP contribution is -2.43. The smallest absolute Gasteiger partial charge is 0.329 e. The van der Waals surface area contributed by atoms with Crippen molar-refractivity contribution in [2.75, 3.05) is 0 Å². The number of H-pyrrole nitrogens is 1. The van der Waals surface area contributed by atoms with Crippen LogP contribution in [0.1, 0.15) is 43.0 Å². The van der Waals surface area contributed by atoms with E-state index in [2.05, 4.69) is 29.1 Å². The van der Waals surface area contributed by atoms with Gasteiger partial charge in [-0.15, -0.1) is 0 Å². The Labute approximate surface area is 139 Å². The third kappa shape index (κ3) is 2.37. The molecular weight excluding hydrogens is 308 g/mol. The van der Waals surface area contributed by atoms with Gasteiger partial charge in [-0.25, -0.2) is 9.48 Å². The Morgan fingerprint density at radius 3 is 2.88 bits per heavy atom. The Hall–Kier alpha value is -2.38. The van der Waals surface area contributed by atoms with Gasteiger partial charge in [0.25, 0.3) is 5.91 Å². The van der Waals surface area contributed by atoms with Crippen LogP contribution in [0, 0.1) is 5.92 Å². The normalized spacial score (nSPS) is 22.7. The van der Waals surface area contributed by atoms with Crippen molar-refractivity contribution in [3.05, 3.63) is 34.3 Å². The van der Waals surface area contributed by atoms with Crippen molar-refractivity contribution in [2.45, 2.75) is 58.3 Å². The highest BCUT2D eigenvalue weighted by Gasteiger charge is 2.41. The standard InChI is InChI=1S/C16H22N6O2/c1-10(2)8-21-16(24)20-9-12-4-3-11(7-14(20)19-21)22(12)15(23)13-5-6-17-18-13/h5-6,10-12H,3-4,7-9H2,1-2H3,(H,17,18). The molecule has 2 atom stereocenters. The molecule has 0 radical (unpaired) electrons. The molecule has 128 valence electrons. The summed E-state index contributed by atoms with van der Waals surface area (Å²) in [6.07, 6.45) is 4.10. The van der Waals surface area contributed by atoms with E-state index in [9.17, 15) is 9.59 Å². The lowest BCUT2D eigenvalue weighted by atomic mass is 10.1. The third-order valence-electron chi connectivity index (χ3n) is 4.93. The zero-order chi connectivity index (χ0) is 16.8. The summed E-state index contributed by atoms with van der Waals surface area (Å²) < 4.78 is 3.34. The van der Waals surface area contributed by atoms with E-state index >= 15 is 0 Å². The van der Waals surface area contributed by atoms with Crippen LogP contribution in [-0.4, -0.2) is 47.4 Å². The first-order valence-electron chi connectivity index (χ1n) is 8.53. The monoisotopic (exact) mass is 330 g/mol. The van der Waals surface area contributed by atoms with Crippen molar-refractivity contribution in [1.29, 1.82) is 0 Å². The summed E-state index contributed by atoms with van der Waals surface area (Å²) in [5.74, 6) is 1.14. The summed E-state index contributed by atoms with van der Waals surface area (Å²) in [6, 6.07) is 1.84. The highest BCUT2D eigenvalue weighted by molar-refractivity contribution is 5.92. The molecule has 2 aliphatic heterocycles. The molecule has 1 fully saturated rings. The quantitative estimate of drug-likeness (QED) is 0.895. The first-order valence-corrected chi connectivity index (χ1v) is 8.53. The Morgan fingerprint density at radius 2 is 2.17 bits per heavy atom. The molecule has 4 heterocycles. The van der Waals surface area contributed by atoms with E-state index in [0.29, 0.717) is 31.1 Å². The van der Waals surface area contributed by atoms with Gasteiger partial charge in [0.05, 0.1) is 6.04 Å². The van der Waals surface area contributed by atoms with Crippen molar-refractivity contribution in [2.24, 2.45) is 5.92 Å². The summed E-state index contributed by atoms with van der Waals surface area (Å²) in [4.78, 5) is 27.3. The van der Waals surface area contributed by atoms with Gasteiger partial charge in [0.2, 0.25) is 0 Å². The third-order valence-corrected chi connectivity index (χ3v) is 4.93. The fourth-order valence-electron chi connectivity index (χ4n) is 3.89.